The van der Waals surface area contributed by atoms with Crippen molar-refractivity contribution in [3.8, 4) is 0 Å². The fourth-order valence-corrected chi connectivity index (χ4v) is 1.37. The van der Waals surface area contributed by atoms with Crippen LogP contribution in [-0.4, -0.2) is 70.3 Å². The van der Waals surface area contributed by atoms with Crippen molar-refractivity contribution in [3.63, 3.8) is 0 Å². The summed E-state index contributed by atoms with van der Waals surface area (Å²) in [7, 11) is 0. The molecule has 0 atom stereocenters. The summed E-state index contributed by atoms with van der Waals surface area (Å²) >= 11 is 4.12. The molecule has 0 aliphatic carbocycles. The molecule has 0 spiro atoms. The second kappa shape index (κ2) is 17.2. The van der Waals surface area contributed by atoms with E-state index in [0.29, 0.717) is 46.2 Å². The van der Waals surface area contributed by atoms with Gasteiger partial charge in [0.2, 0.25) is 0 Å². The van der Waals surface area contributed by atoms with Crippen molar-refractivity contribution in [3.05, 3.63) is 0 Å². The van der Waals surface area contributed by atoms with Crippen molar-refractivity contribution >= 4 is 12.6 Å². The van der Waals surface area contributed by atoms with Crippen molar-refractivity contribution in [2.75, 3.05) is 65.2 Å². The lowest BCUT2D eigenvalue weighted by molar-refractivity contribution is -0.00567. The highest BCUT2D eigenvalue weighted by Crippen LogP contribution is 1.92. The normalized spacial score (nSPS) is 11.0. The molecule has 0 bridgehead atoms. The van der Waals surface area contributed by atoms with E-state index in [2.05, 4.69) is 12.6 Å². The largest absolute Gasteiger partial charge is 0.394 e. The van der Waals surface area contributed by atoms with Gasteiger partial charge in [-0.2, -0.15) is 12.6 Å². The molecule has 0 aromatic rings. The number of rotatable bonds is 15. The summed E-state index contributed by atoms with van der Waals surface area (Å²) < 4.78 is 21.0. The molecule has 0 aliphatic rings. The SMILES string of the molecule is OCCOCCOCCOCCOCCCCS. The topological polar surface area (TPSA) is 57.2 Å². The first-order chi connectivity index (χ1) is 8.91. The van der Waals surface area contributed by atoms with Crippen LogP contribution in [0.3, 0.4) is 0 Å². The van der Waals surface area contributed by atoms with Crippen molar-refractivity contribution < 1.29 is 24.1 Å². The van der Waals surface area contributed by atoms with Crippen molar-refractivity contribution in [2.24, 2.45) is 0 Å². The number of aliphatic hydroxyl groups excluding tert-OH is 1. The summed E-state index contributed by atoms with van der Waals surface area (Å²) in [6.45, 7) is 4.60. The molecule has 6 heteroatoms. The number of unbranched alkanes of at least 4 members (excludes halogenated alkanes) is 1. The molecule has 0 fully saturated rings. The van der Waals surface area contributed by atoms with E-state index in [-0.39, 0.29) is 6.61 Å². The summed E-state index contributed by atoms with van der Waals surface area (Å²) in [6, 6.07) is 0. The lowest BCUT2D eigenvalue weighted by Crippen LogP contribution is -2.12. The van der Waals surface area contributed by atoms with Crippen molar-refractivity contribution in [1.82, 2.24) is 0 Å². The summed E-state index contributed by atoms with van der Waals surface area (Å²) in [5.41, 5.74) is 0. The van der Waals surface area contributed by atoms with E-state index < -0.39 is 0 Å². The summed E-state index contributed by atoms with van der Waals surface area (Å²) in [4.78, 5) is 0. The molecule has 0 rings (SSSR count). The Kier molecular flexibility index (Phi) is 17.3. The van der Waals surface area contributed by atoms with Crippen molar-refractivity contribution in [2.45, 2.75) is 12.8 Å². The zero-order valence-electron chi connectivity index (χ0n) is 11.0. The molecule has 110 valence electrons. The first-order valence-electron chi connectivity index (χ1n) is 6.44. The van der Waals surface area contributed by atoms with Crippen LogP contribution in [0.1, 0.15) is 12.8 Å². The van der Waals surface area contributed by atoms with Gasteiger partial charge in [-0.3, -0.25) is 0 Å². The van der Waals surface area contributed by atoms with Crippen LogP contribution in [0.5, 0.6) is 0 Å². The highest BCUT2D eigenvalue weighted by Gasteiger charge is 1.92. The number of hydrogen-bond donors (Lipinski definition) is 2. The zero-order valence-corrected chi connectivity index (χ0v) is 11.9. The summed E-state index contributed by atoms with van der Waals surface area (Å²) in [5, 5.41) is 8.46. The molecule has 0 radical (unpaired) electrons. The number of ether oxygens (including phenoxy) is 4. The van der Waals surface area contributed by atoms with Crippen molar-refractivity contribution in [1.29, 1.82) is 0 Å². The Balaban J connectivity index is 2.86. The van der Waals surface area contributed by atoms with Gasteiger partial charge in [0, 0.05) is 6.61 Å². The fraction of sp³-hybridized carbons (Fsp3) is 1.00. The van der Waals surface area contributed by atoms with E-state index in [1.165, 1.54) is 0 Å². The van der Waals surface area contributed by atoms with Crippen LogP contribution in [0.25, 0.3) is 0 Å². The average molecular weight is 282 g/mol. The van der Waals surface area contributed by atoms with Crippen LogP contribution < -0.4 is 0 Å². The van der Waals surface area contributed by atoms with E-state index >= 15 is 0 Å². The first kappa shape index (κ1) is 18.1. The Hall–Kier alpha value is 0.150. The van der Waals surface area contributed by atoms with Crippen LogP contribution in [0.2, 0.25) is 0 Å². The lowest BCUT2D eigenvalue weighted by Gasteiger charge is -2.07. The third-order valence-electron chi connectivity index (χ3n) is 2.05. The second-order valence-corrected chi connectivity index (χ2v) is 4.05. The molecular formula is C12H26O5S. The molecule has 1 N–H and O–H groups in total. The summed E-state index contributed by atoms with van der Waals surface area (Å²) in [6.07, 6.45) is 2.15. The van der Waals surface area contributed by atoms with Crippen LogP contribution in [0.15, 0.2) is 0 Å². The number of thiol groups is 1. The molecule has 0 unspecified atom stereocenters. The van der Waals surface area contributed by atoms with Gasteiger partial charge < -0.3 is 24.1 Å². The van der Waals surface area contributed by atoms with Gasteiger partial charge in [-0.15, -0.1) is 0 Å². The van der Waals surface area contributed by atoms with E-state index in [4.69, 9.17) is 24.1 Å². The quantitative estimate of drug-likeness (QED) is 0.343. The van der Waals surface area contributed by atoms with E-state index in [1.54, 1.807) is 0 Å². The molecule has 0 saturated carbocycles. The molecule has 0 aliphatic heterocycles. The van der Waals surface area contributed by atoms with Gasteiger partial charge in [-0.25, -0.2) is 0 Å². The Bertz CT molecular complexity index is 132. The van der Waals surface area contributed by atoms with Gasteiger partial charge in [-0.05, 0) is 18.6 Å². The molecule has 0 saturated heterocycles. The predicted octanol–water partition coefficient (Wildman–Crippen LogP) is 0.755. The number of aliphatic hydroxyl groups is 1. The van der Waals surface area contributed by atoms with Crippen LogP contribution in [0, 0.1) is 0 Å². The molecular weight excluding hydrogens is 256 g/mol. The third-order valence-corrected chi connectivity index (χ3v) is 2.36. The Morgan fingerprint density at radius 2 is 1.06 bits per heavy atom. The Morgan fingerprint density at radius 1 is 0.611 bits per heavy atom. The average Bonchev–Trinajstić information content (AvgIpc) is 2.39. The second-order valence-electron chi connectivity index (χ2n) is 3.60. The van der Waals surface area contributed by atoms with Gasteiger partial charge in [0.05, 0.1) is 52.9 Å². The van der Waals surface area contributed by atoms with Crippen LogP contribution >= 0.6 is 12.6 Å². The summed E-state index contributed by atoms with van der Waals surface area (Å²) in [5.74, 6) is 0.916. The zero-order chi connectivity index (χ0) is 13.3. The molecule has 18 heavy (non-hydrogen) atoms. The van der Waals surface area contributed by atoms with E-state index in [1.807, 2.05) is 0 Å². The van der Waals surface area contributed by atoms with E-state index in [9.17, 15) is 0 Å². The first-order valence-corrected chi connectivity index (χ1v) is 7.07. The van der Waals surface area contributed by atoms with Gasteiger partial charge in [0.1, 0.15) is 0 Å². The maximum absolute atomic E-state index is 8.46. The minimum Gasteiger partial charge on any atom is -0.394 e. The monoisotopic (exact) mass is 282 g/mol. The van der Waals surface area contributed by atoms with Gasteiger partial charge in [0.15, 0.2) is 0 Å². The molecule has 0 aromatic heterocycles. The van der Waals surface area contributed by atoms with Crippen LogP contribution in [-0.2, 0) is 18.9 Å². The fourth-order valence-electron chi connectivity index (χ4n) is 1.14. The smallest absolute Gasteiger partial charge is 0.0701 e. The van der Waals surface area contributed by atoms with Gasteiger partial charge in [0.25, 0.3) is 0 Å². The minimum absolute atomic E-state index is 0.0527. The molecule has 0 amide bonds. The maximum atomic E-state index is 8.46. The Labute approximate surface area is 115 Å². The van der Waals surface area contributed by atoms with Gasteiger partial charge in [-0.1, -0.05) is 0 Å². The van der Waals surface area contributed by atoms with Gasteiger partial charge >= 0.3 is 0 Å². The molecule has 0 aromatic carbocycles. The predicted molar refractivity (Wildman–Crippen MR) is 73.4 cm³/mol. The molecule has 0 heterocycles. The minimum atomic E-state index is 0.0527. The lowest BCUT2D eigenvalue weighted by atomic mass is 10.4. The third kappa shape index (κ3) is 16.1. The van der Waals surface area contributed by atoms with Crippen LogP contribution in [0.4, 0.5) is 0 Å². The number of hydrogen-bond acceptors (Lipinski definition) is 6. The highest BCUT2D eigenvalue weighted by atomic mass is 32.1. The highest BCUT2D eigenvalue weighted by molar-refractivity contribution is 7.80. The Morgan fingerprint density at radius 3 is 1.50 bits per heavy atom. The maximum Gasteiger partial charge on any atom is 0.0701 e. The standard InChI is InChI=1S/C12H26O5S/c13-3-5-15-7-9-17-11-10-16-8-6-14-4-1-2-12-18/h13,18H,1-12H2. The van der Waals surface area contributed by atoms with E-state index in [0.717, 1.165) is 25.2 Å². The molecule has 5 nitrogen and oxygen atoms in total.